The van der Waals surface area contributed by atoms with Gasteiger partial charge in [0.25, 0.3) is 5.91 Å². The van der Waals surface area contributed by atoms with Gasteiger partial charge >= 0.3 is 0 Å². The lowest BCUT2D eigenvalue weighted by atomic mass is 10.1. The zero-order valence-electron chi connectivity index (χ0n) is 19.0. The molecule has 0 aliphatic rings. The molecule has 1 atom stereocenters. The summed E-state index contributed by atoms with van der Waals surface area (Å²) in [5.74, 6) is 0.305. The van der Waals surface area contributed by atoms with Gasteiger partial charge in [0.05, 0.1) is 29.8 Å². The molecule has 0 fully saturated rings. The average molecular weight is 483 g/mol. The molecular formula is C24H26N4O5S. The summed E-state index contributed by atoms with van der Waals surface area (Å²) in [5.41, 5.74) is 9.73. The third-order valence-electron chi connectivity index (χ3n) is 4.45. The summed E-state index contributed by atoms with van der Waals surface area (Å²) in [6, 6.07) is 19.7. The maximum Gasteiger partial charge on any atom is 0.271 e. The molecule has 0 spiro atoms. The summed E-state index contributed by atoms with van der Waals surface area (Å²) >= 11 is 0. The molecule has 3 aromatic carbocycles. The summed E-state index contributed by atoms with van der Waals surface area (Å²) in [4.78, 5) is 26.1. The molecule has 1 amide bonds. The summed E-state index contributed by atoms with van der Waals surface area (Å²) < 4.78 is 15.6. The van der Waals surface area contributed by atoms with E-state index in [1.54, 1.807) is 48.5 Å². The normalized spacial score (nSPS) is 11.7. The Morgan fingerprint density at radius 1 is 1.03 bits per heavy atom. The van der Waals surface area contributed by atoms with Crippen LogP contribution in [0.15, 0.2) is 71.7 Å². The van der Waals surface area contributed by atoms with Crippen molar-refractivity contribution in [2.24, 2.45) is 4.99 Å². The number of hydrogen-bond acceptors (Lipinski definition) is 6. The van der Waals surface area contributed by atoms with E-state index in [9.17, 15) is 9.00 Å². The molecular weight excluding hydrogens is 456 g/mol. The van der Waals surface area contributed by atoms with Crippen LogP contribution in [0.1, 0.15) is 27.0 Å². The first-order valence-corrected chi connectivity index (χ1v) is 11.6. The number of aliphatic imine (C=N–C) groups is 1. The maximum absolute atomic E-state index is 12.7. The van der Waals surface area contributed by atoms with Crippen LogP contribution in [-0.2, 0) is 26.7 Å². The van der Waals surface area contributed by atoms with Gasteiger partial charge in [-0.05, 0) is 48.7 Å². The molecule has 178 valence electrons. The second-order valence-electron chi connectivity index (χ2n) is 7.31. The van der Waals surface area contributed by atoms with E-state index < -0.39 is 16.9 Å². The number of hydrogen-bond donors (Lipinski definition) is 3. The SMILES string of the molecule is COOOc1cccc(N=CNNC(=O)c2ccccc2NS(=O)Cc2cc(C)cc(C)c2)c1. The third-order valence-corrected chi connectivity index (χ3v) is 5.50. The molecule has 0 saturated carbocycles. The zero-order valence-corrected chi connectivity index (χ0v) is 19.8. The van der Waals surface area contributed by atoms with Crippen molar-refractivity contribution in [2.45, 2.75) is 19.6 Å². The number of aryl methyl sites for hydroxylation is 2. The molecule has 3 aromatic rings. The Kier molecular flexibility index (Phi) is 9.15. The van der Waals surface area contributed by atoms with Crippen LogP contribution in [0.25, 0.3) is 0 Å². The number of benzene rings is 3. The second-order valence-corrected chi connectivity index (χ2v) is 8.49. The van der Waals surface area contributed by atoms with Crippen molar-refractivity contribution in [3.8, 4) is 5.75 Å². The largest absolute Gasteiger partial charge is 0.308 e. The maximum atomic E-state index is 12.7. The summed E-state index contributed by atoms with van der Waals surface area (Å²) in [6.45, 7) is 4.01. The Balaban J connectivity index is 1.57. The van der Waals surface area contributed by atoms with Crippen LogP contribution in [0.2, 0.25) is 0 Å². The van der Waals surface area contributed by atoms with E-state index in [1.165, 1.54) is 13.4 Å². The lowest BCUT2D eigenvalue weighted by Gasteiger charge is -2.12. The number of hydrazine groups is 1. The number of amides is 1. The first-order valence-electron chi connectivity index (χ1n) is 10.3. The minimum atomic E-state index is -1.41. The van der Waals surface area contributed by atoms with Gasteiger partial charge in [-0.1, -0.05) is 47.5 Å². The van der Waals surface area contributed by atoms with E-state index in [4.69, 9.17) is 4.89 Å². The van der Waals surface area contributed by atoms with Gasteiger partial charge in [0.2, 0.25) is 0 Å². The van der Waals surface area contributed by atoms with Crippen molar-refractivity contribution in [3.63, 3.8) is 0 Å². The third kappa shape index (κ3) is 7.69. The molecule has 0 bridgehead atoms. The van der Waals surface area contributed by atoms with Gasteiger partial charge in [-0.25, -0.2) is 9.20 Å². The quantitative estimate of drug-likeness (QED) is 0.165. The molecule has 1 unspecified atom stereocenters. The van der Waals surface area contributed by atoms with Crippen LogP contribution in [0.3, 0.4) is 0 Å². The number of nitrogens with one attached hydrogen (secondary N) is 3. The zero-order chi connectivity index (χ0) is 24.3. The van der Waals surface area contributed by atoms with E-state index in [2.05, 4.69) is 36.6 Å². The molecule has 34 heavy (non-hydrogen) atoms. The lowest BCUT2D eigenvalue weighted by molar-refractivity contribution is -0.453. The van der Waals surface area contributed by atoms with Crippen LogP contribution < -0.4 is 20.5 Å². The predicted octanol–water partition coefficient (Wildman–Crippen LogP) is 4.05. The molecule has 0 aliphatic carbocycles. The summed E-state index contributed by atoms with van der Waals surface area (Å²) in [7, 11) is -0.0860. The Morgan fingerprint density at radius 3 is 2.56 bits per heavy atom. The fraction of sp³-hybridized carbons (Fsp3) is 0.167. The summed E-state index contributed by atoms with van der Waals surface area (Å²) in [6.07, 6.45) is 1.32. The van der Waals surface area contributed by atoms with Crippen molar-refractivity contribution in [2.75, 3.05) is 11.8 Å². The standard InChI is InChI=1S/C24H26N4O5S/c1-17-11-18(2)13-19(12-17)15-34(30)28-23-10-5-4-9-22(23)24(29)27-26-16-25-20-7-6-8-21(14-20)32-33-31-3/h4-14,16,28H,15H2,1-3H3,(H,25,26)(H,27,29). The van der Waals surface area contributed by atoms with Crippen molar-refractivity contribution in [3.05, 3.63) is 89.0 Å². The molecule has 3 rings (SSSR count). The summed E-state index contributed by atoms with van der Waals surface area (Å²) in [5, 5.41) is 4.41. The Morgan fingerprint density at radius 2 is 1.79 bits per heavy atom. The van der Waals surface area contributed by atoms with Gasteiger partial charge in [-0.15, -0.1) is 0 Å². The fourth-order valence-electron chi connectivity index (χ4n) is 3.19. The van der Waals surface area contributed by atoms with Gasteiger partial charge in [0.15, 0.2) is 5.75 Å². The van der Waals surface area contributed by atoms with E-state index >= 15 is 0 Å². The number of carbonyl (C=O) groups excluding carboxylic acids is 1. The van der Waals surface area contributed by atoms with E-state index in [-0.39, 0.29) is 0 Å². The second kappa shape index (κ2) is 12.5. The minimum absolute atomic E-state index is 0.321. The highest BCUT2D eigenvalue weighted by Crippen LogP contribution is 2.20. The number of para-hydroxylation sites is 1. The number of nitrogens with zero attached hydrogens (tertiary/aromatic N) is 1. The molecule has 0 aromatic heterocycles. The molecule has 9 nitrogen and oxygen atoms in total. The van der Waals surface area contributed by atoms with Crippen molar-refractivity contribution < 1.29 is 23.8 Å². The number of carbonyl (C=O) groups is 1. The average Bonchev–Trinajstić information content (AvgIpc) is 2.80. The Bertz CT molecular complexity index is 1170. The molecule has 0 saturated heterocycles. The van der Waals surface area contributed by atoms with Crippen molar-refractivity contribution >= 4 is 34.6 Å². The first-order chi connectivity index (χ1) is 16.4. The van der Waals surface area contributed by atoms with Crippen LogP contribution >= 0.6 is 0 Å². The molecule has 3 N–H and O–H groups in total. The van der Waals surface area contributed by atoms with Gasteiger partial charge in [-0.3, -0.25) is 15.6 Å². The topological polar surface area (TPSA) is 110 Å². The highest BCUT2D eigenvalue weighted by Gasteiger charge is 2.12. The van der Waals surface area contributed by atoms with Gasteiger partial charge in [-0.2, -0.15) is 4.89 Å². The van der Waals surface area contributed by atoms with E-state index in [0.29, 0.717) is 28.4 Å². The molecule has 0 radical (unpaired) electrons. The van der Waals surface area contributed by atoms with Gasteiger partial charge in [0, 0.05) is 6.07 Å². The van der Waals surface area contributed by atoms with E-state index in [1.807, 2.05) is 26.0 Å². The smallest absolute Gasteiger partial charge is 0.271 e. The Labute approximate surface area is 200 Å². The van der Waals surface area contributed by atoms with E-state index in [0.717, 1.165) is 16.7 Å². The van der Waals surface area contributed by atoms with Crippen molar-refractivity contribution in [1.82, 2.24) is 10.9 Å². The van der Waals surface area contributed by atoms with Gasteiger partial charge in [0.1, 0.15) is 17.3 Å². The van der Waals surface area contributed by atoms with Crippen LogP contribution in [0.5, 0.6) is 5.75 Å². The predicted molar refractivity (Wildman–Crippen MR) is 132 cm³/mol. The first kappa shape index (κ1) is 24.9. The highest BCUT2D eigenvalue weighted by atomic mass is 32.2. The number of anilines is 1. The highest BCUT2D eigenvalue weighted by molar-refractivity contribution is 7.85. The van der Waals surface area contributed by atoms with Crippen LogP contribution in [-0.4, -0.2) is 23.6 Å². The molecule has 10 heteroatoms. The number of rotatable bonds is 11. The minimum Gasteiger partial charge on any atom is -0.308 e. The Hall–Kier alpha value is -3.73. The fourth-order valence-corrected chi connectivity index (χ4v) is 4.16. The monoisotopic (exact) mass is 482 g/mol. The van der Waals surface area contributed by atoms with Crippen LogP contribution in [0, 0.1) is 13.8 Å². The molecule has 0 heterocycles. The van der Waals surface area contributed by atoms with Crippen LogP contribution in [0.4, 0.5) is 11.4 Å². The lowest BCUT2D eigenvalue weighted by Crippen LogP contribution is -2.36. The van der Waals surface area contributed by atoms with Crippen molar-refractivity contribution in [1.29, 1.82) is 0 Å². The van der Waals surface area contributed by atoms with Gasteiger partial charge < -0.3 is 9.61 Å². The molecule has 0 aliphatic heterocycles.